The molecule has 0 unspecified atom stereocenters. The smallest absolute Gasteiger partial charge is 0.414 e. The lowest BCUT2D eigenvalue weighted by atomic mass is 9.96. The molecule has 0 atom stereocenters. The number of amides is 2. The Hall–Kier alpha value is -2.89. The molecule has 0 aromatic heterocycles. The molecule has 7 N–H and O–H groups in total. The molecule has 0 aliphatic heterocycles. The summed E-state index contributed by atoms with van der Waals surface area (Å²) in [6.45, 7) is 0. The highest BCUT2D eigenvalue weighted by atomic mass is 16.4. The number of hydrogen-bond acceptors (Lipinski definition) is 6. The lowest BCUT2D eigenvalue weighted by Gasteiger charge is -2.18. The Morgan fingerprint density at radius 1 is 0.750 bits per heavy atom. The van der Waals surface area contributed by atoms with E-state index in [1.165, 1.54) is 0 Å². The highest BCUT2D eigenvalue weighted by Gasteiger charge is 2.40. The molecule has 0 bridgehead atoms. The lowest BCUT2D eigenvalue weighted by Crippen LogP contribution is -2.42. The number of hydrogen-bond donors (Lipinski definition) is 7. The molecule has 0 rings (SSSR count). The Labute approximate surface area is 109 Å². The van der Waals surface area contributed by atoms with Crippen molar-refractivity contribution in [2.75, 3.05) is 0 Å². The third kappa shape index (κ3) is 10.3. The fourth-order valence-corrected chi connectivity index (χ4v) is 0.806. The van der Waals surface area contributed by atoms with Crippen LogP contribution < -0.4 is 5.32 Å². The van der Waals surface area contributed by atoms with Gasteiger partial charge < -0.3 is 30.6 Å². The third-order valence-electron chi connectivity index (χ3n) is 1.50. The van der Waals surface area contributed by atoms with Gasteiger partial charge in [-0.25, -0.2) is 19.7 Å². The SMILES string of the molecule is O=C(O)CC(O)(CC(=O)O)C(=O)O.O=C(O)NC(=O)O. The van der Waals surface area contributed by atoms with Crippen LogP contribution in [-0.4, -0.2) is 66.3 Å². The standard InChI is InChI=1S/C6H8O7.C2H3NO4/c7-3(8)1-6(13,5(11)12)2-4(9)10;4-1(5)3-2(6)7/h13H,1-2H2,(H,7,8)(H,9,10)(H,11,12);3H,(H,4,5)(H,6,7). The first-order chi connectivity index (χ1) is 8.90. The number of rotatable bonds is 5. The first-order valence-electron chi connectivity index (χ1n) is 4.53. The van der Waals surface area contributed by atoms with E-state index in [1.807, 2.05) is 0 Å². The molecule has 0 radical (unpaired) electrons. The van der Waals surface area contributed by atoms with Gasteiger partial charge in [0, 0.05) is 0 Å². The topological polar surface area (TPSA) is 219 Å². The predicted molar refractivity (Wildman–Crippen MR) is 56.3 cm³/mol. The average molecular weight is 297 g/mol. The van der Waals surface area contributed by atoms with Crippen LogP contribution in [0.25, 0.3) is 0 Å². The molecule has 20 heavy (non-hydrogen) atoms. The fourth-order valence-electron chi connectivity index (χ4n) is 0.806. The zero-order valence-electron chi connectivity index (χ0n) is 9.64. The summed E-state index contributed by atoms with van der Waals surface area (Å²) in [5.74, 6) is -5.02. The molecule has 0 aliphatic rings. The van der Waals surface area contributed by atoms with Crippen LogP contribution in [0.4, 0.5) is 9.59 Å². The van der Waals surface area contributed by atoms with E-state index in [9.17, 15) is 24.0 Å². The van der Waals surface area contributed by atoms with Gasteiger partial charge in [0.15, 0.2) is 5.60 Å². The van der Waals surface area contributed by atoms with E-state index in [1.54, 1.807) is 0 Å². The normalized spacial score (nSPS) is 9.65. The maximum Gasteiger partial charge on any atom is 0.414 e. The van der Waals surface area contributed by atoms with E-state index in [4.69, 9.17) is 30.6 Å². The molecule has 0 spiro atoms. The molecular formula is C8H11NO11. The molecule has 12 heteroatoms. The van der Waals surface area contributed by atoms with Crippen LogP contribution in [0, 0.1) is 0 Å². The van der Waals surface area contributed by atoms with Crippen molar-refractivity contribution in [3.05, 3.63) is 0 Å². The van der Waals surface area contributed by atoms with E-state index >= 15 is 0 Å². The molecule has 0 fully saturated rings. The van der Waals surface area contributed by atoms with E-state index in [0.29, 0.717) is 0 Å². The molecule has 0 aromatic rings. The Balaban J connectivity index is 0. The summed E-state index contributed by atoms with van der Waals surface area (Å²) in [5, 5.41) is 50.1. The van der Waals surface area contributed by atoms with E-state index < -0.39 is 48.5 Å². The van der Waals surface area contributed by atoms with Crippen LogP contribution >= 0.6 is 0 Å². The summed E-state index contributed by atoms with van der Waals surface area (Å²) in [6.07, 6.45) is -5.41. The van der Waals surface area contributed by atoms with Crippen molar-refractivity contribution in [2.45, 2.75) is 18.4 Å². The van der Waals surface area contributed by atoms with Gasteiger partial charge in [0.1, 0.15) is 0 Å². The van der Waals surface area contributed by atoms with E-state index in [2.05, 4.69) is 0 Å². The van der Waals surface area contributed by atoms with Gasteiger partial charge in [-0.1, -0.05) is 0 Å². The zero-order chi connectivity index (χ0) is 16.5. The number of aliphatic carboxylic acids is 3. The predicted octanol–water partition coefficient (Wildman–Crippen LogP) is -1.32. The second kappa shape index (κ2) is 8.25. The number of carboxylic acid groups (broad SMARTS) is 5. The van der Waals surface area contributed by atoms with Crippen molar-refractivity contribution in [2.24, 2.45) is 0 Å². The van der Waals surface area contributed by atoms with E-state index in [0.717, 1.165) is 5.32 Å². The van der Waals surface area contributed by atoms with Gasteiger partial charge in [-0.05, 0) is 0 Å². The Morgan fingerprint density at radius 3 is 1.15 bits per heavy atom. The minimum Gasteiger partial charge on any atom is -0.481 e. The second-order valence-electron chi connectivity index (χ2n) is 3.21. The molecule has 0 heterocycles. The highest BCUT2D eigenvalue weighted by Crippen LogP contribution is 2.15. The van der Waals surface area contributed by atoms with Crippen LogP contribution in [0.15, 0.2) is 0 Å². The largest absolute Gasteiger partial charge is 0.481 e. The third-order valence-corrected chi connectivity index (χ3v) is 1.50. The summed E-state index contributed by atoms with van der Waals surface area (Å²) < 4.78 is 0. The number of imide groups is 1. The van der Waals surface area contributed by atoms with Crippen molar-refractivity contribution in [1.29, 1.82) is 0 Å². The van der Waals surface area contributed by atoms with Crippen molar-refractivity contribution < 1.29 is 54.6 Å². The van der Waals surface area contributed by atoms with Gasteiger partial charge >= 0.3 is 30.1 Å². The van der Waals surface area contributed by atoms with E-state index in [-0.39, 0.29) is 0 Å². The summed E-state index contributed by atoms with van der Waals surface area (Å²) in [7, 11) is 0. The highest BCUT2D eigenvalue weighted by molar-refractivity contribution is 5.88. The van der Waals surface area contributed by atoms with Crippen molar-refractivity contribution in [3.63, 3.8) is 0 Å². The van der Waals surface area contributed by atoms with Crippen molar-refractivity contribution in [1.82, 2.24) is 5.32 Å². The number of carboxylic acids is 3. The summed E-state index contributed by atoms with van der Waals surface area (Å²) in [5.41, 5.74) is -2.74. The van der Waals surface area contributed by atoms with Crippen LogP contribution in [-0.2, 0) is 14.4 Å². The van der Waals surface area contributed by atoms with Crippen LogP contribution in [0.5, 0.6) is 0 Å². The molecular weight excluding hydrogens is 286 g/mol. The maximum absolute atomic E-state index is 10.3. The van der Waals surface area contributed by atoms with Gasteiger partial charge in [0.25, 0.3) is 0 Å². The van der Waals surface area contributed by atoms with Gasteiger partial charge in [0.2, 0.25) is 0 Å². The molecule has 12 nitrogen and oxygen atoms in total. The zero-order valence-corrected chi connectivity index (χ0v) is 9.64. The number of aliphatic hydroxyl groups is 1. The van der Waals surface area contributed by atoms with Crippen molar-refractivity contribution in [3.8, 4) is 0 Å². The quantitative estimate of drug-likeness (QED) is 0.315. The van der Waals surface area contributed by atoms with Gasteiger partial charge in [-0.2, -0.15) is 0 Å². The average Bonchev–Trinajstić information content (AvgIpc) is 2.12. The minimum absolute atomic E-state index is 1.14. The van der Waals surface area contributed by atoms with Crippen molar-refractivity contribution >= 4 is 30.1 Å². The molecule has 0 saturated carbocycles. The molecule has 0 aliphatic carbocycles. The Morgan fingerprint density at radius 2 is 1.05 bits per heavy atom. The summed E-state index contributed by atoms with van der Waals surface area (Å²) in [6, 6.07) is 0. The second-order valence-corrected chi connectivity index (χ2v) is 3.21. The van der Waals surface area contributed by atoms with Crippen LogP contribution in [0.1, 0.15) is 12.8 Å². The molecule has 114 valence electrons. The first kappa shape index (κ1) is 19.4. The Kier molecular flexibility index (Phi) is 8.03. The van der Waals surface area contributed by atoms with Crippen LogP contribution in [0.2, 0.25) is 0 Å². The minimum atomic E-state index is -2.74. The number of carbonyl (C=O) groups is 5. The summed E-state index contributed by atoms with van der Waals surface area (Å²) in [4.78, 5) is 49.1. The van der Waals surface area contributed by atoms with Gasteiger partial charge in [-0.3, -0.25) is 9.59 Å². The van der Waals surface area contributed by atoms with Gasteiger partial charge in [-0.15, -0.1) is 0 Å². The lowest BCUT2D eigenvalue weighted by molar-refractivity contribution is -0.170. The first-order valence-corrected chi connectivity index (χ1v) is 4.53. The Bertz CT molecular complexity index is 387. The monoisotopic (exact) mass is 297 g/mol. The molecule has 0 aromatic carbocycles. The van der Waals surface area contributed by atoms with Gasteiger partial charge in [0.05, 0.1) is 12.8 Å². The summed E-state index contributed by atoms with van der Waals surface area (Å²) >= 11 is 0. The maximum atomic E-state index is 10.3. The fraction of sp³-hybridized carbons (Fsp3) is 0.375. The number of nitrogens with one attached hydrogen (secondary N) is 1. The molecule has 0 saturated heterocycles. The molecule has 2 amide bonds. The van der Waals surface area contributed by atoms with Crippen LogP contribution in [0.3, 0.4) is 0 Å².